The van der Waals surface area contributed by atoms with Crippen molar-refractivity contribution < 1.29 is 9.59 Å². The van der Waals surface area contributed by atoms with E-state index in [0.29, 0.717) is 0 Å². The smallest absolute Gasteiger partial charge is 0.268 e. The number of benzene rings is 2. The van der Waals surface area contributed by atoms with Crippen molar-refractivity contribution in [1.29, 1.82) is 0 Å². The normalized spacial score (nSPS) is 10.1. The third-order valence-electron chi connectivity index (χ3n) is 3.88. The third-order valence-corrected chi connectivity index (χ3v) is 5.14. The molecule has 0 unspecified atom stereocenters. The molecule has 0 saturated carbocycles. The maximum Gasteiger partial charge on any atom is 0.269 e. The Morgan fingerprint density at radius 3 is 1.47 bits per heavy atom. The van der Waals surface area contributed by atoms with Crippen LogP contribution in [0.25, 0.3) is 0 Å². The lowest BCUT2D eigenvalue weighted by molar-refractivity contribution is 0.0897. The van der Waals surface area contributed by atoms with Gasteiger partial charge in [-0.2, -0.15) is 0 Å². The van der Waals surface area contributed by atoms with Gasteiger partial charge in [0.2, 0.25) is 0 Å². The predicted octanol–water partition coefficient (Wildman–Crippen LogP) is 7.52. The number of aryl methyl sites for hydroxylation is 1. The molecule has 1 heterocycles. The average Bonchev–Trinajstić information content (AvgIpc) is 2.71. The molecule has 0 fully saturated rings. The van der Waals surface area contributed by atoms with Crippen LogP contribution in [0.4, 0.5) is 5.82 Å². The standard InChI is InChI=1S/C20H12Cl4N2O2.C2H6/c1-11-8-9-16(25-10-11)26(19(27)17-12(21)4-2-5-13(17)22)20(28)18-14(23)6-3-7-15(18)24;1-2/h2-10H,1H3;1-2H3. The molecule has 0 atom stereocenters. The van der Waals surface area contributed by atoms with Crippen molar-refractivity contribution in [3.63, 3.8) is 0 Å². The van der Waals surface area contributed by atoms with Crippen LogP contribution in [-0.4, -0.2) is 16.8 Å². The van der Waals surface area contributed by atoms with E-state index in [4.69, 9.17) is 46.4 Å². The van der Waals surface area contributed by atoms with Crippen molar-refractivity contribution in [2.24, 2.45) is 0 Å². The molecule has 0 bridgehead atoms. The molecule has 0 saturated heterocycles. The second kappa shape index (κ2) is 10.8. The van der Waals surface area contributed by atoms with Crippen molar-refractivity contribution in [2.45, 2.75) is 20.8 Å². The van der Waals surface area contributed by atoms with Gasteiger partial charge in [-0.05, 0) is 42.8 Å². The Kier molecular flexibility index (Phi) is 8.68. The van der Waals surface area contributed by atoms with E-state index in [1.807, 2.05) is 20.8 Å². The van der Waals surface area contributed by atoms with Gasteiger partial charge in [0.05, 0.1) is 31.2 Å². The quantitative estimate of drug-likeness (QED) is 0.362. The zero-order chi connectivity index (χ0) is 22.4. The van der Waals surface area contributed by atoms with Crippen molar-refractivity contribution in [1.82, 2.24) is 4.98 Å². The number of hydrogen-bond acceptors (Lipinski definition) is 3. The Hall–Kier alpha value is -2.11. The highest BCUT2D eigenvalue weighted by Gasteiger charge is 2.32. The lowest BCUT2D eigenvalue weighted by atomic mass is 10.1. The van der Waals surface area contributed by atoms with Gasteiger partial charge >= 0.3 is 0 Å². The molecule has 3 rings (SSSR count). The van der Waals surface area contributed by atoms with Gasteiger partial charge < -0.3 is 0 Å². The minimum absolute atomic E-state index is 0.0234. The molecule has 0 aliphatic heterocycles. The van der Waals surface area contributed by atoms with Crippen LogP contribution in [0.3, 0.4) is 0 Å². The summed E-state index contributed by atoms with van der Waals surface area (Å²) in [4.78, 5) is 31.7. The Morgan fingerprint density at radius 1 is 0.733 bits per heavy atom. The van der Waals surface area contributed by atoms with E-state index in [1.54, 1.807) is 24.3 Å². The van der Waals surface area contributed by atoms with E-state index in [0.717, 1.165) is 10.5 Å². The van der Waals surface area contributed by atoms with Crippen molar-refractivity contribution in [3.05, 3.63) is 91.5 Å². The van der Waals surface area contributed by atoms with Gasteiger partial charge in [0.15, 0.2) is 0 Å². The van der Waals surface area contributed by atoms with Crippen LogP contribution in [0.2, 0.25) is 20.1 Å². The molecule has 0 N–H and O–H groups in total. The SMILES string of the molecule is CC.Cc1ccc(N(C(=O)c2c(Cl)cccc2Cl)C(=O)c2c(Cl)cccc2Cl)nc1. The number of amides is 2. The summed E-state index contributed by atoms with van der Waals surface area (Å²) in [5.74, 6) is -1.39. The molecule has 2 amide bonds. The molecule has 0 aliphatic rings. The number of hydrogen-bond donors (Lipinski definition) is 0. The maximum atomic E-state index is 13.3. The summed E-state index contributed by atoms with van der Waals surface area (Å²) in [6.45, 7) is 5.83. The first-order valence-corrected chi connectivity index (χ1v) is 10.5. The number of carbonyl (C=O) groups is 2. The summed E-state index contributed by atoms with van der Waals surface area (Å²) in [5.41, 5.74) is 0.810. The summed E-state index contributed by atoms with van der Waals surface area (Å²) in [5, 5.41) is 0.417. The van der Waals surface area contributed by atoms with Crippen LogP contribution in [0.15, 0.2) is 54.7 Å². The molecule has 8 heteroatoms. The van der Waals surface area contributed by atoms with E-state index in [-0.39, 0.29) is 37.0 Å². The van der Waals surface area contributed by atoms with E-state index in [1.165, 1.54) is 30.5 Å². The van der Waals surface area contributed by atoms with E-state index < -0.39 is 11.8 Å². The molecular formula is C22H18Cl4N2O2. The van der Waals surface area contributed by atoms with Gasteiger partial charge in [-0.1, -0.05) is 78.5 Å². The number of aromatic nitrogens is 1. The summed E-state index contributed by atoms with van der Waals surface area (Å²) in [7, 11) is 0. The number of anilines is 1. The topological polar surface area (TPSA) is 50.3 Å². The lowest BCUT2D eigenvalue weighted by Crippen LogP contribution is -2.38. The molecule has 0 spiro atoms. The van der Waals surface area contributed by atoms with Gasteiger partial charge in [-0.3, -0.25) is 9.59 Å². The minimum Gasteiger partial charge on any atom is -0.268 e. The number of carbonyl (C=O) groups excluding carboxylic acids is 2. The monoisotopic (exact) mass is 482 g/mol. The molecule has 4 nitrogen and oxygen atoms in total. The summed E-state index contributed by atoms with van der Waals surface area (Å²) >= 11 is 24.7. The molecule has 0 aliphatic carbocycles. The van der Waals surface area contributed by atoms with Crippen LogP contribution in [0.1, 0.15) is 40.1 Å². The molecule has 30 heavy (non-hydrogen) atoms. The second-order valence-corrected chi connectivity index (χ2v) is 7.46. The van der Waals surface area contributed by atoms with Crippen molar-refractivity contribution in [2.75, 3.05) is 4.90 Å². The van der Waals surface area contributed by atoms with Crippen LogP contribution in [0.5, 0.6) is 0 Å². The Labute approximate surface area is 195 Å². The number of halogens is 4. The fourth-order valence-electron chi connectivity index (χ4n) is 2.52. The van der Waals surface area contributed by atoms with E-state index in [9.17, 15) is 9.59 Å². The van der Waals surface area contributed by atoms with E-state index in [2.05, 4.69) is 4.98 Å². The lowest BCUT2D eigenvalue weighted by Gasteiger charge is -2.22. The van der Waals surface area contributed by atoms with Crippen LogP contribution in [0, 0.1) is 6.92 Å². The molecule has 2 aromatic carbocycles. The van der Waals surface area contributed by atoms with Crippen LogP contribution < -0.4 is 4.90 Å². The van der Waals surface area contributed by atoms with E-state index >= 15 is 0 Å². The molecule has 0 radical (unpaired) electrons. The second-order valence-electron chi connectivity index (χ2n) is 5.83. The Balaban J connectivity index is 0.00000155. The van der Waals surface area contributed by atoms with Gasteiger partial charge in [0.1, 0.15) is 5.82 Å². The highest BCUT2D eigenvalue weighted by molar-refractivity contribution is 6.45. The molecule has 156 valence electrons. The first kappa shape index (κ1) is 24.2. The summed E-state index contributed by atoms with van der Waals surface area (Å²) in [6, 6.07) is 12.5. The van der Waals surface area contributed by atoms with Gasteiger partial charge in [0.25, 0.3) is 11.8 Å². The predicted molar refractivity (Wildman–Crippen MR) is 124 cm³/mol. The number of rotatable bonds is 3. The highest BCUT2D eigenvalue weighted by Crippen LogP contribution is 2.31. The molecule has 1 aromatic heterocycles. The minimum atomic E-state index is -0.743. The first-order valence-electron chi connectivity index (χ1n) is 9.00. The zero-order valence-corrected chi connectivity index (χ0v) is 19.4. The summed E-state index contributed by atoms with van der Waals surface area (Å²) in [6.07, 6.45) is 1.53. The third kappa shape index (κ3) is 5.13. The Morgan fingerprint density at radius 2 is 1.13 bits per heavy atom. The van der Waals surface area contributed by atoms with Gasteiger partial charge in [0, 0.05) is 6.20 Å². The molecular weight excluding hydrogens is 466 g/mol. The van der Waals surface area contributed by atoms with Crippen molar-refractivity contribution >= 4 is 64.0 Å². The highest BCUT2D eigenvalue weighted by atomic mass is 35.5. The average molecular weight is 484 g/mol. The Bertz CT molecular complexity index is 965. The van der Waals surface area contributed by atoms with Gasteiger partial charge in [-0.15, -0.1) is 0 Å². The zero-order valence-electron chi connectivity index (χ0n) is 16.4. The molecule has 3 aromatic rings. The largest absolute Gasteiger partial charge is 0.269 e. The fraction of sp³-hybridized carbons (Fsp3) is 0.136. The van der Waals surface area contributed by atoms with Crippen molar-refractivity contribution in [3.8, 4) is 0 Å². The fourth-order valence-corrected chi connectivity index (χ4v) is 3.64. The van der Waals surface area contributed by atoms with Crippen LogP contribution in [-0.2, 0) is 0 Å². The number of pyridine rings is 1. The van der Waals surface area contributed by atoms with Gasteiger partial charge in [-0.25, -0.2) is 9.88 Å². The number of nitrogens with zero attached hydrogens (tertiary/aromatic N) is 2. The maximum absolute atomic E-state index is 13.3. The first-order chi connectivity index (χ1) is 14.3. The number of imide groups is 1. The summed E-state index contributed by atoms with van der Waals surface area (Å²) < 4.78 is 0. The van der Waals surface area contributed by atoms with Crippen LogP contribution >= 0.6 is 46.4 Å².